The molecule has 2 heterocycles. The first kappa shape index (κ1) is 23.7. The molecule has 2 saturated heterocycles. The van der Waals surface area contributed by atoms with Gasteiger partial charge >= 0.3 is 0 Å². The van der Waals surface area contributed by atoms with Gasteiger partial charge in [0.05, 0.1) is 24.9 Å². The van der Waals surface area contributed by atoms with E-state index in [1.807, 2.05) is 0 Å². The molecule has 2 aliphatic carbocycles. The molecular weight excluding hydrogens is 412 g/mol. The Kier molecular flexibility index (Phi) is 7.54. The monoisotopic (exact) mass is 449 g/mol. The quantitative estimate of drug-likeness (QED) is 0.229. The molecule has 0 aromatic heterocycles. The van der Waals surface area contributed by atoms with Crippen molar-refractivity contribution in [2.75, 3.05) is 6.61 Å². The molecule has 0 bridgehead atoms. The smallest absolute Gasteiger partial charge is 0.187 e. The van der Waals surface area contributed by atoms with Crippen molar-refractivity contribution in [1.82, 2.24) is 0 Å². The van der Waals surface area contributed by atoms with Crippen LogP contribution in [0.15, 0.2) is 0 Å². The molecule has 13 unspecified atom stereocenters. The highest BCUT2D eigenvalue weighted by atomic mass is 16.7. The minimum Gasteiger partial charge on any atom is -0.427 e. The molecule has 0 aromatic rings. The fraction of sp³-hybridized carbons (Fsp3) is 1.00. The third kappa shape index (κ3) is 4.93. The number of aliphatic hydroxyl groups is 9. The number of rotatable bonds is 4. The summed E-state index contributed by atoms with van der Waals surface area (Å²) in [6.45, 7) is -0.529. The molecule has 4 rings (SSSR count). The van der Waals surface area contributed by atoms with Crippen LogP contribution in [0.25, 0.3) is 0 Å². The van der Waals surface area contributed by atoms with Crippen LogP contribution in [-0.2, 0) is 9.47 Å². The van der Waals surface area contributed by atoms with Crippen LogP contribution in [0, 0.1) is 11.8 Å². The Morgan fingerprint density at radius 3 is 2.23 bits per heavy atom. The lowest BCUT2D eigenvalue weighted by Crippen LogP contribution is -2.62. The molecule has 10 nitrogen and oxygen atoms in total. The van der Waals surface area contributed by atoms with Gasteiger partial charge in [-0.2, -0.15) is 0 Å². The van der Waals surface area contributed by atoms with Crippen molar-refractivity contribution in [1.29, 1.82) is 0 Å². The van der Waals surface area contributed by atoms with E-state index in [0.29, 0.717) is 38.5 Å². The maximum Gasteiger partial charge on any atom is 0.187 e. The molecule has 180 valence electrons. The van der Waals surface area contributed by atoms with Gasteiger partial charge in [0.1, 0.15) is 30.5 Å². The van der Waals surface area contributed by atoms with Crippen molar-refractivity contribution in [3.63, 3.8) is 0 Å². The van der Waals surface area contributed by atoms with E-state index in [4.69, 9.17) is 14.2 Å². The first-order valence-corrected chi connectivity index (χ1v) is 11.5. The zero-order chi connectivity index (χ0) is 22.3. The predicted molar refractivity (Wildman–Crippen MR) is 106 cm³/mol. The Morgan fingerprint density at radius 1 is 0.774 bits per heavy atom. The minimum absolute atomic E-state index is 0.00704. The van der Waals surface area contributed by atoms with Crippen LogP contribution < -0.4 is 0 Å². The van der Waals surface area contributed by atoms with E-state index in [1.165, 1.54) is 0 Å². The van der Waals surface area contributed by atoms with Crippen LogP contribution in [-0.4, -0.2) is 114 Å². The fourth-order valence-corrected chi connectivity index (χ4v) is 5.79. The summed E-state index contributed by atoms with van der Waals surface area (Å²) in [6, 6.07) is 0. The largest absolute Gasteiger partial charge is 0.427 e. The molecule has 2 aliphatic heterocycles. The van der Waals surface area contributed by atoms with Crippen molar-refractivity contribution >= 4 is 0 Å². The standard InChI is InChI=1S/C21H36O10/c22-8-16-17(26)18(27)19(28)21(31-16)30-15-6-9-1-3-11(23)7-14(9)29-20(15)10-2-4-12(24)13(25)5-10/h9-28H,1-8H2/p+1. The lowest BCUT2D eigenvalue weighted by atomic mass is 9.73. The lowest BCUT2D eigenvalue weighted by molar-refractivity contribution is -0.352. The average molecular weight is 450 g/mol. The Bertz CT molecular complexity index is 591. The lowest BCUT2D eigenvalue weighted by Gasteiger charge is -2.47. The summed E-state index contributed by atoms with van der Waals surface area (Å²) in [4.78, 5) is 0. The SMILES string of the molecule is OCC1OC(OC2CC3CCC(O)CC3[OH+]C2C2CCC(O)C(O)C2)C(O)C(O)C1O. The molecular formula is C21H37O10+. The Balaban J connectivity index is 1.51. The molecule has 13 atom stereocenters. The van der Waals surface area contributed by atoms with Crippen molar-refractivity contribution in [2.24, 2.45) is 11.8 Å². The molecule has 10 heteroatoms. The van der Waals surface area contributed by atoms with E-state index in [2.05, 4.69) is 0 Å². The number of fused-ring (bicyclic) bond motifs is 1. The van der Waals surface area contributed by atoms with E-state index in [1.54, 1.807) is 0 Å². The van der Waals surface area contributed by atoms with E-state index in [9.17, 15) is 35.7 Å². The van der Waals surface area contributed by atoms with Crippen LogP contribution in [0.3, 0.4) is 0 Å². The van der Waals surface area contributed by atoms with E-state index < -0.39 is 55.6 Å². The number of ether oxygens (including phenoxy) is 3. The Morgan fingerprint density at radius 2 is 1.52 bits per heavy atom. The van der Waals surface area contributed by atoms with Crippen LogP contribution in [0.4, 0.5) is 0 Å². The summed E-state index contributed by atoms with van der Waals surface area (Å²) in [5.74, 6) is 0.182. The fourth-order valence-electron chi connectivity index (χ4n) is 5.79. The predicted octanol–water partition coefficient (Wildman–Crippen LogP) is -2.48. The molecule has 8 N–H and O–H groups in total. The van der Waals surface area contributed by atoms with Crippen molar-refractivity contribution < 1.29 is 50.0 Å². The van der Waals surface area contributed by atoms with Gasteiger partial charge in [-0.05, 0) is 38.5 Å². The number of aliphatic hydroxyl groups excluding tert-OH is 7. The summed E-state index contributed by atoms with van der Waals surface area (Å²) in [6.07, 6.45) is -5.25. The second kappa shape index (κ2) is 9.84. The third-order valence-electron chi connectivity index (χ3n) is 7.67. The highest BCUT2D eigenvalue weighted by molar-refractivity contribution is 4.96. The van der Waals surface area contributed by atoms with Gasteiger partial charge in [0, 0.05) is 18.3 Å². The summed E-state index contributed by atoms with van der Waals surface area (Å²) in [5.41, 5.74) is 0. The van der Waals surface area contributed by atoms with Gasteiger partial charge in [-0.15, -0.1) is 0 Å². The molecule has 0 aromatic carbocycles. The van der Waals surface area contributed by atoms with Crippen molar-refractivity contribution in [3.05, 3.63) is 0 Å². The second-order valence-corrected chi connectivity index (χ2v) is 9.75. The van der Waals surface area contributed by atoms with Gasteiger partial charge in [-0.3, -0.25) is 0 Å². The van der Waals surface area contributed by atoms with Crippen molar-refractivity contribution in [2.45, 2.75) is 112 Å². The third-order valence-corrected chi connectivity index (χ3v) is 7.67. The van der Waals surface area contributed by atoms with Gasteiger partial charge < -0.3 is 50.0 Å². The van der Waals surface area contributed by atoms with Gasteiger partial charge in [0.25, 0.3) is 0 Å². The molecule has 0 spiro atoms. The van der Waals surface area contributed by atoms with Gasteiger partial charge in [0.2, 0.25) is 0 Å². The first-order valence-electron chi connectivity index (χ1n) is 11.5. The van der Waals surface area contributed by atoms with Gasteiger partial charge in [0.15, 0.2) is 18.5 Å². The van der Waals surface area contributed by atoms with E-state index in [0.717, 1.165) is 6.42 Å². The molecule has 2 saturated carbocycles. The molecule has 4 fully saturated rings. The van der Waals surface area contributed by atoms with E-state index >= 15 is 0 Å². The summed E-state index contributed by atoms with van der Waals surface area (Å²) in [7, 11) is 0. The zero-order valence-electron chi connectivity index (χ0n) is 17.6. The van der Waals surface area contributed by atoms with E-state index in [-0.39, 0.29) is 30.1 Å². The number of hydrogen-bond acceptors (Lipinski definition) is 9. The maximum atomic E-state index is 10.4. The normalized spacial score (nSPS) is 53.7. The maximum absolute atomic E-state index is 10.4. The average Bonchev–Trinajstić information content (AvgIpc) is 2.75. The second-order valence-electron chi connectivity index (χ2n) is 9.75. The molecule has 0 radical (unpaired) electrons. The Hall–Kier alpha value is -0.400. The molecule has 31 heavy (non-hydrogen) atoms. The highest BCUT2D eigenvalue weighted by Gasteiger charge is 2.52. The van der Waals surface area contributed by atoms with Crippen LogP contribution in [0.5, 0.6) is 0 Å². The van der Waals surface area contributed by atoms with Crippen molar-refractivity contribution in [3.8, 4) is 0 Å². The van der Waals surface area contributed by atoms with Gasteiger partial charge in [-0.25, -0.2) is 0 Å². The topological polar surface area (TPSA) is 173 Å². The summed E-state index contributed by atoms with van der Waals surface area (Å²) in [5, 5.41) is 70.2. The minimum atomic E-state index is -1.51. The number of hydrogen-bond donors (Lipinski definition) is 7. The van der Waals surface area contributed by atoms with Crippen LogP contribution in [0.1, 0.15) is 44.9 Å². The molecule has 4 aliphatic rings. The van der Waals surface area contributed by atoms with Gasteiger partial charge in [-0.1, -0.05) is 0 Å². The summed E-state index contributed by atoms with van der Waals surface area (Å²) >= 11 is 0. The van der Waals surface area contributed by atoms with Crippen LogP contribution in [0.2, 0.25) is 0 Å². The highest BCUT2D eigenvalue weighted by Crippen LogP contribution is 2.41. The first-order chi connectivity index (χ1) is 14.8. The van der Waals surface area contributed by atoms with Crippen LogP contribution >= 0.6 is 0 Å². The molecule has 0 amide bonds. The Labute approximate surface area is 181 Å². The zero-order valence-corrected chi connectivity index (χ0v) is 17.6. The summed E-state index contributed by atoms with van der Waals surface area (Å²) < 4.78 is 16.7.